The minimum absolute atomic E-state index is 0. The molecule has 5 aromatic rings. The molecule has 1 aliphatic carbocycles. The Kier molecular flexibility index (Phi) is 11.5. The Bertz CT molecular complexity index is 1310. The van der Waals surface area contributed by atoms with Crippen molar-refractivity contribution in [2.75, 3.05) is 0 Å². The molecule has 0 N–H and O–H groups in total. The zero-order valence-electron chi connectivity index (χ0n) is 19.6. The summed E-state index contributed by atoms with van der Waals surface area (Å²) in [6, 6.07) is 37.3. The van der Waals surface area contributed by atoms with Crippen LogP contribution in [-0.4, -0.2) is 3.21 Å². The van der Waals surface area contributed by atoms with E-state index in [1.54, 1.807) is 27.4 Å². The van der Waals surface area contributed by atoms with Crippen LogP contribution < -0.4 is 24.8 Å². The first-order chi connectivity index (χ1) is 15.7. The topological polar surface area (TPSA) is 0 Å². The van der Waals surface area contributed by atoms with E-state index in [4.69, 9.17) is 0 Å². The van der Waals surface area contributed by atoms with Gasteiger partial charge >= 0.3 is 54.1 Å². The molecule has 0 heterocycles. The maximum atomic E-state index is 3.48. The van der Waals surface area contributed by atoms with Crippen molar-refractivity contribution in [3.63, 3.8) is 0 Å². The second kappa shape index (κ2) is 13.8. The van der Waals surface area contributed by atoms with E-state index in [2.05, 4.69) is 80.6 Å². The smallest absolute Gasteiger partial charge is 0.0240 e. The monoisotopic (exact) mass is 560 g/mol. The van der Waals surface area contributed by atoms with Crippen LogP contribution in [0.4, 0.5) is 0 Å². The maximum Gasteiger partial charge on any atom is -0.0240 e. The van der Waals surface area contributed by atoms with Gasteiger partial charge in [-0.2, -0.15) is 18.2 Å². The van der Waals surface area contributed by atoms with Crippen LogP contribution in [0.15, 0.2) is 97.1 Å². The summed E-state index contributed by atoms with van der Waals surface area (Å²) in [6.45, 7) is 4.43. The molecule has 0 fully saturated rings. The van der Waals surface area contributed by atoms with Crippen LogP contribution in [0.1, 0.15) is 37.8 Å². The fourth-order valence-corrected chi connectivity index (χ4v) is 4.30. The molecule has 3 heteroatoms. The van der Waals surface area contributed by atoms with Crippen molar-refractivity contribution < 1.29 is 49.0 Å². The first-order valence-corrected chi connectivity index (χ1v) is 12.6. The van der Waals surface area contributed by atoms with Crippen molar-refractivity contribution in [1.29, 1.82) is 0 Å². The van der Waals surface area contributed by atoms with E-state index in [0.29, 0.717) is 0 Å². The molecule has 0 saturated carbocycles. The summed E-state index contributed by atoms with van der Waals surface area (Å²) < 4.78 is 1.68. The summed E-state index contributed by atoms with van der Waals surface area (Å²) in [5.41, 5.74) is 5.67. The van der Waals surface area contributed by atoms with Gasteiger partial charge in [0.05, 0.1) is 0 Å². The maximum absolute atomic E-state index is 3.48. The molecule has 6 rings (SSSR count). The molecule has 1 aliphatic rings. The molecule has 0 amide bonds. The van der Waals surface area contributed by atoms with Crippen molar-refractivity contribution in [1.82, 2.24) is 0 Å². The zero-order chi connectivity index (χ0) is 22.3. The molecule has 34 heavy (non-hydrogen) atoms. The van der Waals surface area contributed by atoms with Crippen LogP contribution in [0.2, 0.25) is 0 Å². The number of halogens is 2. The number of fused-ring (bicyclic) bond motifs is 8. The van der Waals surface area contributed by atoms with E-state index in [1.807, 2.05) is 36.4 Å². The molecule has 172 valence electrons. The van der Waals surface area contributed by atoms with Crippen molar-refractivity contribution in [2.24, 2.45) is 0 Å². The van der Waals surface area contributed by atoms with Gasteiger partial charge in [0.25, 0.3) is 0 Å². The van der Waals surface area contributed by atoms with Gasteiger partial charge in [0.2, 0.25) is 0 Å². The summed E-state index contributed by atoms with van der Waals surface area (Å²) in [6.07, 6.45) is 3.59. The van der Waals surface area contributed by atoms with Crippen LogP contribution >= 0.6 is 0 Å². The normalized spacial score (nSPS) is 10.5. The van der Waals surface area contributed by atoms with Gasteiger partial charge in [0.1, 0.15) is 0 Å². The fourth-order valence-electron chi connectivity index (χ4n) is 4.30. The third-order valence-electron chi connectivity index (χ3n) is 6.01. The molecule has 0 bridgehead atoms. The van der Waals surface area contributed by atoms with Gasteiger partial charge in [-0.3, -0.25) is 0 Å². The van der Waals surface area contributed by atoms with Gasteiger partial charge in [0.15, 0.2) is 0 Å². The Morgan fingerprint density at radius 2 is 1.41 bits per heavy atom. The van der Waals surface area contributed by atoms with Crippen molar-refractivity contribution in [3.05, 3.63) is 114 Å². The molecule has 0 spiro atoms. The summed E-state index contributed by atoms with van der Waals surface area (Å²) >= 11 is 1.62. The molecule has 0 nitrogen and oxygen atoms in total. The summed E-state index contributed by atoms with van der Waals surface area (Å²) in [7, 11) is 0. The number of hydrogen-bond acceptors (Lipinski definition) is 0. The van der Waals surface area contributed by atoms with Gasteiger partial charge in [0, 0.05) is 0 Å². The summed E-state index contributed by atoms with van der Waals surface area (Å²) in [4.78, 5) is 0. The summed E-state index contributed by atoms with van der Waals surface area (Å²) in [5.74, 6) is 0. The predicted octanol–water partition coefficient (Wildman–Crippen LogP) is 2.30. The van der Waals surface area contributed by atoms with E-state index in [1.165, 1.54) is 56.6 Å². The predicted molar refractivity (Wildman–Crippen MR) is 136 cm³/mol. The average molecular weight is 563 g/mol. The largest absolute Gasteiger partial charge is 1.00 e. The molecule has 0 unspecified atom stereocenters. The molecular formula is C31H28Cl2Zr-2. The molecule has 0 aromatic heterocycles. The molecular weight excluding hydrogens is 534 g/mol. The van der Waals surface area contributed by atoms with E-state index < -0.39 is 0 Å². The third-order valence-corrected chi connectivity index (χ3v) is 7.75. The summed E-state index contributed by atoms with van der Waals surface area (Å²) in [5, 5.41) is 5.30. The standard InChI is InChI=1S/C21H13.C5H5.C5H10.2ClH.Zr/c1-2-8-15-14(7-1)13-20-18-11-4-3-9-16(18)17-10-5-6-12-19(17)21(15)20;1-2-4-5-3-1;1-3-5-4-2;;;/h1-10,12H,13H2;1-5H;3-4H2,1-2H3;2*1H;/q2*-1;;;;+2/p-2. The Hall–Kier alpha value is -1.92. The Labute approximate surface area is 230 Å². The first-order valence-electron chi connectivity index (χ1n) is 11.4. The van der Waals surface area contributed by atoms with Gasteiger partial charge < -0.3 is 24.8 Å². The quantitative estimate of drug-likeness (QED) is 0.225. The fraction of sp³-hybridized carbons (Fsp3) is 0.161. The third kappa shape index (κ3) is 6.20. The molecule has 5 aromatic carbocycles. The van der Waals surface area contributed by atoms with Crippen LogP contribution in [0.3, 0.4) is 0 Å². The van der Waals surface area contributed by atoms with Crippen molar-refractivity contribution >= 4 is 24.8 Å². The zero-order valence-corrected chi connectivity index (χ0v) is 23.6. The Morgan fingerprint density at radius 1 is 0.794 bits per heavy atom. The SMILES string of the molecule is CC[C](=[Zr+2])CC.[Cl-].[Cl-].[c-]1cccc2c1c1c(c3ccccc32)-c2ccccc2C1.c1cc[cH-]c1. The van der Waals surface area contributed by atoms with Gasteiger partial charge in [-0.15, -0.1) is 40.6 Å². The minimum atomic E-state index is 0. The Morgan fingerprint density at radius 3 is 2.03 bits per heavy atom. The van der Waals surface area contributed by atoms with Crippen molar-refractivity contribution in [3.8, 4) is 11.1 Å². The van der Waals surface area contributed by atoms with E-state index >= 15 is 0 Å². The number of hydrogen-bond donors (Lipinski definition) is 0. The average Bonchev–Trinajstić information content (AvgIpc) is 3.56. The van der Waals surface area contributed by atoms with Gasteiger partial charge in [-0.25, -0.2) is 12.1 Å². The number of benzene rings is 4. The van der Waals surface area contributed by atoms with Crippen LogP contribution in [0.5, 0.6) is 0 Å². The van der Waals surface area contributed by atoms with Crippen molar-refractivity contribution in [2.45, 2.75) is 33.1 Å². The van der Waals surface area contributed by atoms with E-state index in [-0.39, 0.29) is 24.8 Å². The van der Waals surface area contributed by atoms with Gasteiger partial charge in [-0.05, 0) is 28.5 Å². The van der Waals surface area contributed by atoms with Gasteiger partial charge in [-0.1, -0.05) is 53.9 Å². The van der Waals surface area contributed by atoms with Crippen LogP contribution in [0.25, 0.3) is 32.7 Å². The number of rotatable bonds is 2. The second-order valence-corrected chi connectivity index (χ2v) is 9.70. The molecule has 0 aliphatic heterocycles. The van der Waals surface area contributed by atoms with Crippen LogP contribution in [0, 0.1) is 6.07 Å². The van der Waals surface area contributed by atoms with E-state index in [0.717, 1.165) is 6.42 Å². The van der Waals surface area contributed by atoms with Crippen LogP contribution in [-0.2, 0) is 30.7 Å². The Balaban J connectivity index is 0.000000265. The molecule has 0 saturated heterocycles. The molecule has 0 atom stereocenters. The van der Waals surface area contributed by atoms with E-state index in [9.17, 15) is 0 Å². The minimum Gasteiger partial charge on any atom is -1.00 e. The second-order valence-electron chi connectivity index (χ2n) is 7.96. The molecule has 0 radical (unpaired) electrons. The first kappa shape index (κ1) is 28.3.